The highest BCUT2D eigenvalue weighted by Crippen LogP contribution is 2.29. The highest BCUT2D eigenvalue weighted by atomic mass is 16.5. The molecule has 2 nitrogen and oxygen atoms in total. The second-order valence-electron chi connectivity index (χ2n) is 3.12. The molecule has 72 valence electrons. The average molecular weight is 180 g/mol. The first-order chi connectivity index (χ1) is 6.24. The number of hydrogen-bond donors (Lipinski definition) is 1. The Morgan fingerprint density at radius 2 is 2.23 bits per heavy atom. The van der Waals surface area contributed by atoms with Gasteiger partial charge in [0.05, 0.1) is 6.10 Å². The number of rotatable bonds is 3. The summed E-state index contributed by atoms with van der Waals surface area (Å²) in [6, 6.07) is 0. The third-order valence-electron chi connectivity index (χ3n) is 2.40. The molecule has 1 N–H and O–H groups in total. The van der Waals surface area contributed by atoms with Gasteiger partial charge in [-0.3, -0.25) is 0 Å². The van der Waals surface area contributed by atoms with Crippen molar-refractivity contribution in [2.24, 2.45) is 5.92 Å². The van der Waals surface area contributed by atoms with Crippen LogP contribution in [0.3, 0.4) is 0 Å². The zero-order valence-corrected chi connectivity index (χ0v) is 7.99. The standard InChI is InChI=1S/C11H16O2/c1-4-8-9(5-2)11(6-3)13-7-10(8)12/h5-6,8,10,12H,2-4,7H2,1H3. The molecule has 0 radical (unpaired) electrons. The summed E-state index contributed by atoms with van der Waals surface area (Å²) in [5, 5.41) is 9.64. The first-order valence-corrected chi connectivity index (χ1v) is 4.54. The van der Waals surface area contributed by atoms with E-state index in [0.717, 1.165) is 17.8 Å². The second-order valence-corrected chi connectivity index (χ2v) is 3.12. The molecule has 0 aromatic heterocycles. The summed E-state index contributed by atoms with van der Waals surface area (Å²) in [5.74, 6) is 0.895. The molecular formula is C11H16O2. The fourth-order valence-corrected chi connectivity index (χ4v) is 1.69. The van der Waals surface area contributed by atoms with Gasteiger partial charge < -0.3 is 9.84 Å². The van der Waals surface area contributed by atoms with E-state index in [0.29, 0.717) is 6.61 Å². The van der Waals surface area contributed by atoms with Crippen molar-refractivity contribution in [3.63, 3.8) is 0 Å². The fourth-order valence-electron chi connectivity index (χ4n) is 1.69. The van der Waals surface area contributed by atoms with Crippen LogP contribution in [0, 0.1) is 5.92 Å². The van der Waals surface area contributed by atoms with Crippen LogP contribution in [-0.4, -0.2) is 17.8 Å². The summed E-state index contributed by atoms with van der Waals surface area (Å²) in [5.41, 5.74) is 0.969. The summed E-state index contributed by atoms with van der Waals surface area (Å²) >= 11 is 0. The minimum absolute atomic E-state index is 0.138. The van der Waals surface area contributed by atoms with Crippen molar-refractivity contribution in [2.45, 2.75) is 19.4 Å². The minimum Gasteiger partial charge on any atom is -0.491 e. The molecule has 0 spiro atoms. The van der Waals surface area contributed by atoms with Gasteiger partial charge in [0.1, 0.15) is 12.4 Å². The Hall–Kier alpha value is -1.02. The molecule has 2 unspecified atom stereocenters. The van der Waals surface area contributed by atoms with Gasteiger partial charge >= 0.3 is 0 Å². The first kappa shape index (κ1) is 10.1. The molecule has 2 heteroatoms. The van der Waals surface area contributed by atoms with Gasteiger partial charge in [0.15, 0.2) is 0 Å². The van der Waals surface area contributed by atoms with Crippen molar-refractivity contribution in [3.8, 4) is 0 Å². The molecule has 1 heterocycles. The zero-order valence-electron chi connectivity index (χ0n) is 7.99. The smallest absolute Gasteiger partial charge is 0.122 e. The van der Waals surface area contributed by atoms with E-state index >= 15 is 0 Å². The highest BCUT2D eigenvalue weighted by Gasteiger charge is 2.27. The normalized spacial score (nSPS) is 28.2. The number of allylic oxidation sites excluding steroid dienone is 2. The maximum absolute atomic E-state index is 9.64. The Morgan fingerprint density at radius 3 is 2.69 bits per heavy atom. The summed E-state index contributed by atoms with van der Waals surface area (Å²) < 4.78 is 5.32. The first-order valence-electron chi connectivity index (χ1n) is 4.54. The highest BCUT2D eigenvalue weighted by molar-refractivity contribution is 5.31. The molecule has 13 heavy (non-hydrogen) atoms. The second kappa shape index (κ2) is 4.28. The molecule has 0 aromatic carbocycles. The van der Waals surface area contributed by atoms with E-state index in [4.69, 9.17) is 4.74 Å². The number of hydrogen-bond acceptors (Lipinski definition) is 2. The number of aliphatic hydroxyl groups is 1. The molecule has 0 aliphatic carbocycles. The van der Waals surface area contributed by atoms with Gasteiger partial charge in [-0.25, -0.2) is 0 Å². The molecule has 0 aromatic rings. The lowest BCUT2D eigenvalue weighted by Gasteiger charge is -2.29. The van der Waals surface area contributed by atoms with Gasteiger partial charge in [0.25, 0.3) is 0 Å². The van der Waals surface area contributed by atoms with Crippen LogP contribution in [0.5, 0.6) is 0 Å². The van der Waals surface area contributed by atoms with Gasteiger partial charge in [0.2, 0.25) is 0 Å². The largest absolute Gasteiger partial charge is 0.491 e. The van der Waals surface area contributed by atoms with Gasteiger partial charge in [-0.05, 0) is 18.1 Å². The van der Waals surface area contributed by atoms with E-state index in [9.17, 15) is 5.11 Å². The third kappa shape index (κ3) is 1.83. The maximum atomic E-state index is 9.64. The van der Waals surface area contributed by atoms with Crippen LogP contribution in [0.4, 0.5) is 0 Å². The lowest BCUT2D eigenvalue weighted by Crippen LogP contribution is -2.31. The molecule has 0 fully saturated rings. The van der Waals surface area contributed by atoms with Crippen molar-refractivity contribution < 1.29 is 9.84 Å². The Labute approximate surface area is 79.2 Å². The predicted molar refractivity (Wildman–Crippen MR) is 53.2 cm³/mol. The zero-order chi connectivity index (χ0) is 9.84. The van der Waals surface area contributed by atoms with E-state index in [1.807, 2.05) is 6.92 Å². The van der Waals surface area contributed by atoms with Crippen LogP contribution in [0.1, 0.15) is 13.3 Å². The van der Waals surface area contributed by atoms with Gasteiger partial charge in [-0.15, -0.1) is 0 Å². The predicted octanol–water partition coefficient (Wildman–Crippen LogP) is 2.03. The summed E-state index contributed by atoms with van der Waals surface area (Å²) in [6.07, 6.45) is 3.89. The Morgan fingerprint density at radius 1 is 1.54 bits per heavy atom. The molecule has 0 saturated carbocycles. The minimum atomic E-state index is -0.415. The summed E-state index contributed by atoms with van der Waals surface area (Å²) in [6.45, 7) is 9.79. The number of ether oxygens (including phenoxy) is 1. The van der Waals surface area contributed by atoms with Crippen LogP contribution in [0.15, 0.2) is 36.6 Å². The molecule has 0 saturated heterocycles. The maximum Gasteiger partial charge on any atom is 0.122 e. The lowest BCUT2D eigenvalue weighted by atomic mass is 9.88. The van der Waals surface area contributed by atoms with Crippen LogP contribution >= 0.6 is 0 Å². The fraction of sp³-hybridized carbons (Fsp3) is 0.455. The summed E-state index contributed by atoms with van der Waals surface area (Å²) in [7, 11) is 0. The van der Waals surface area contributed by atoms with E-state index < -0.39 is 6.10 Å². The third-order valence-corrected chi connectivity index (χ3v) is 2.40. The van der Waals surface area contributed by atoms with Crippen LogP contribution in [0.2, 0.25) is 0 Å². The Kier molecular flexibility index (Phi) is 3.32. The molecule has 0 bridgehead atoms. The van der Waals surface area contributed by atoms with Crippen LogP contribution in [-0.2, 0) is 4.74 Å². The van der Waals surface area contributed by atoms with Crippen molar-refractivity contribution in [1.82, 2.24) is 0 Å². The SMILES string of the molecule is C=CC1=C(C=C)C(CC)C(O)CO1. The van der Waals surface area contributed by atoms with Gasteiger partial charge in [0, 0.05) is 5.92 Å². The van der Waals surface area contributed by atoms with Gasteiger partial charge in [-0.2, -0.15) is 0 Å². The quantitative estimate of drug-likeness (QED) is 0.720. The van der Waals surface area contributed by atoms with Crippen molar-refractivity contribution in [2.75, 3.05) is 6.61 Å². The van der Waals surface area contributed by atoms with Crippen LogP contribution in [0.25, 0.3) is 0 Å². The van der Waals surface area contributed by atoms with E-state index in [2.05, 4.69) is 13.2 Å². The van der Waals surface area contributed by atoms with E-state index in [1.54, 1.807) is 12.2 Å². The van der Waals surface area contributed by atoms with E-state index in [-0.39, 0.29) is 5.92 Å². The molecular weight excluding hydrogens is 164 g/mol. The average Bonchev–Trinajstić information content (AvgIpc) is 2.17. The molecule has 2 atom stereocenters. The monoisotopic (exact) mass is 180 g/mol. The molecule has 1 aliphatic heterocycles. The summed E-state index contributed by atoms with van der Waals surface area (Å²) in [4.78, 5) is 0. The van der Waals surface area contributed by atoms with E-state index in [1.165, 1.54) is 0 Å². The Balaban J connectivity index is 3.01. The topological polar surface area (TPSA) is 29.5 Å². The van der Waals surface area contributed by atoms with Crippen molar-refractivity contribution in [3.05, 3.63) is 36.6 Å². The molecule has 1 aliphatic rings. The van der Waals surface area contributed by atoms with Crippen molar-refractivity contribution in [1.29, 1.82) is 0 Å². The number of aliphatic hydroxyl groups excluding tert-OH is 1. The Bertz CT molecular complexity index is 240. The van der Waals surface area contributed by atoms with Crippen molar-refractivity contribution >= 4 is 0 Å². The van der Waals surface area contributed by atoms with Crippen LogP contribution < -0.4 is 0 Å². The van der Waals surface area contributed by atoms with Gasteiger partial charge in [-0.1, -0.05) is 26.2 Å². The molecule has 0 amide bonds. The lowest BCUT2D eigenvalue weighted by molar-refractivity contribution is 0.0238. The molecule has 1 rings (SSSR count).